The van der Waals surface area contributed by atoms with Crippen molar-refractivity contribution in [3.8, 4) is 0 Å². The molecule has 2 saturated heterocycles. The number of likely N-dealkylation sites (tertiary alicyclic amines) is 1. The number of halogens is 1. The summed E-state index contributed by atoms with van der Waals surface area (Å²) in [6, 6.07) is 6.27. The predicted octanol–water partition coefficient (Wildman–Crippen LogP) is 2.82. The smallest absolute Gasteiger partial charge is 0.114 e. The van der Waals surface area contributed by atoms with Crippen LogP contribution in [0.2, 0.25) is 5.02 Å². The van der Waals surface area contributed by atoms with Crippen LogP contribution in [-0.2, 0) is 0 Å². The highest BCUT2D eigenvalue weighted by Gasteiger charge is 2.29. The van der Waals surface area contributed by atoms with E-state index in [0.717, 1.165) is 35.4 Å². The quantitative estimate of drug-likeness (QED) is 0.924. The summed E-state index contributed by atoms with van der Waals surface area (Å²) in [6.07, 6.45) is 6.71. The lowest BCUT2D eigenvalue weighted by Crippen LogP contribution is -2.52. The summed E-state index contributed by atoms with van der Waals surface area (Å²) in [5, 5.41) is 13.1. The third kappa shape index (κ3) is 2.73. The fraction of sp³-hybridized carbons (Fsp3) is 0.625. The van der Waals surface area contributed by atoms with E-state index in [1.54, 1.807) is 0 Å². The van der Waals surface area contributed by atoms with Crippen molar-refractivity contribution in [1.29, 1.82) is 0 Å². The fourth-order valence-electron chi connectivity index (χ4n) is 3.79. The molecule has 5 nitrogen and oxygen atoms in total. The highest BCUT2D eigenvalue weighted by molar-refractivity contribution is 6.31. The van der Waals surface area contributed by atoms with Crippen LogP contribution in [-0.4, -0.2) is 45.7 Å². The Kier molecular flexibility index (Phi) is 4.03. The molecule has 0 amide bonds. The van der Waals surface area contributed by atoms with Gasteiger partial charge in [-0.05, 0) is 63.5 Å². The Morgan fingerprint density at radius 3 is 2.91 bits per heavy atom. The number of rotatable bonds is 2. The second-order valence-corrected chi connectivity index (χ2v) is 6.85. The van der Waals surface area contributed by atoms with Gasteiger partial charge in [-0.3, -0.25) is 4.90 Å². The van der Waals surface area contributed by atoms with Crippen LogP contribution in [0, 0.1) is 0 Å². The number of aromatic nitrogens is 3. The lowest BCUT2D eigenvalue weighted by atomic mass is 10.0. The van der Waals surface area contributed by atoms with Crippen LogP contribution in [0.25, 0.3) is 11.0 Å². The molecule has 0 saturated carbocycles. The highest BCUT2D eigenvalue weighted by atomic mass is 35.5. The Morgan fingerprint density at radius 1 is 1.18 bits per heavy atom. The van der Waals surface area contributed by atoms with E-state index in [2.05, 4.69) is 25.2 Å². The maximum atomic E-state index is 6.04. The van der Waals surface area contributed by atoms with Crippen molar-refractivity contribution >= 4 is 22.6 Å². The third-order valence-corrected chi connectivity index (χ3v) is 5.20. The maximum Gasteiger partial charge on any atom is 0.114 e. The van der Waals surface area contributed by atoms with Gasteiger partial charge in [-0.15, -0.1) is 5.10 Å². The summed E-state index contributed by atoms with van der Waals surface area (Å²) in [4.78, 5) is 2.60. The van der Waals surface area contributed by atoms with Gasteiger partial charge in [0.2, 0.25) is 0 Å². The molecule has 0 aliphatic carbocycles. The molecule has 3 heterocycles. The number of hydrogen-bond donors (Lipinski definition) is 1. The summed E-state index contributed by atoms with van der Waals surface area (Å²) in [5.74, 6) is 0. The van der Waals surface area contributed by atoms with Gasteiger partial charge in [-0.1, -0.05) is 23.2 Å². The second-order valence-electron chi connectivity index (χ2n) is 6.41. The van der Waals surface area contributed by atoms with Crippen LogP contribution >= 0.6 is 11.6 Å². The van der Waals surface area contributed by atoms with Crippen LogP contribution in [0.5, 0.6) is 0 Å². The van der Waals surface area contributed by atoms with Gasteiger partial charge >= 0.3 is 0 Å². The average Bonchev–Trinajstić information content (AvgIpc) is 2.99. The Hall–Kier alpha value is -1.17. The van der Waals surface area contributed by atoms with E-state index in [1.165, 1.54) is 32.4 Å². The molecule has 118 valence electrons. The number of hydrogen-bond acceptors (Lipinski definition) is 4. The van der Waals surface area contributed by atoms with Gasteiger partial charge in [0, 0.05) is 5.02 Å². The minimum atomic E-state index is 0.416. The molecule has 2 aromatic rings. The first-order chi connectivity index (χ1) is 10.8. The molecule has 1 aromatic carbocycles. The SMILES string of the molecule is Clc1ccc2c(c1)nnn2C1CCNC(N2CCCCC2)C1. The zero-order valence-electron chi connectivity index (χ0n) is 12.7. The summed E-state index contributed by atoms with van der Waals surface area (Å²) in [7, 11) is 0. The zero-order chi connectivity index (χ0) is 14.9. The van der Waals surface area contributed by atoms with E-state index in [0.29, 0.717) is 12.2 Å². The van der Waals surface area contributed by atoms with Gasteiger partial charge in [-0.2, -0.15) is 0 Å². The molecule has 0 radical (unpaired) electrons. The first-order valence-corrected chi connectivity index (χ1v) is 8.67. The molecule has 1 N–H and O–H groups in total. The van der Waals surface area contributed by atoms with E-state index < -0.39 is 0 Å². The Bertz CT molecular complexity index is 649. The molecule has 0 spiro atoms. The number of piperidine rings is 2. The molecule has 2 fully saturated rings. The number of fused-ring (bicyclic) bond motifs is 1. The normalized spacial score (nSPS) is 27.3. The number of nitrogens with zero attached hydrogens (tertiary/aromatic N) is 4. The first-order valence-electron chi connectivity index (χ1n) is 8.29. The Morgan fingerprint density at radius 2 is 2.05 bits per heavy atom. The highest BCUT2D eigenvalue weighted by Crippen LogP contribution is 2.28. The number of nitrogens with one attached hydrogen (secondary N) is 1. The molecule has 6 heteroatoms. The minimum absolute atomic E-state index is 0.416. The van der Waals surface area contributed by atoms with E-state index in [1.807, 2.05) is 18.2 Å². The Balaban J connectivity index is 1.55. The zero-order valence-corrected chi connectivity index (χ0v) is 13.5. The number of benzene rings is 1. The standard InChI is InChI=1S/C16H22ClN5/c17-12-4-5-15-14(10-12)19-20-22(15)13-6-7-18-16(11-13)21-8-2-1-3-9-21/h4-5,10,13,16,18H,1-3,6-9,11H2. The summed E-state index contributed by atoms with van der Waals surface area (Å²) in [6.45, 7) is 3.48. The fourth-order valence-corrected chi connectivity index (χ4v) is 3.96. The maximum absolute atomic E-state index is 6.04. The third-order valence-electron chi connectivity index (χ3n) is 4.96. The molecular formula is C16H22ClN5. The van der Waals surface area contributed by atoms with Crippen molar-refractivity contribution in [2.45, 2.75) is 44.3 Å². The van der Waals surface area contributed by atoms with Crippen LogP contribution in [0.15, 0.2) is 18.2 Å². The van der Waals surface area contributed by atoms with Gasteiger partial charge in [0.15, 0.2) is 0 Å². The van der Waals surface area contributed by atoms with Gasteiger partial charge in [-0.25, -0.2) is 4.68 Å². The monoisotopic (exact) mass is 319 g/mol. The van der Waals surface area contributed by atoms with E-state index in [4.69, 9.17) is 11.6 Å². The molecule has 4 rings (SSSR count). The summed E-state index contributed by atoms with van der Waals surface area (Å²) < 4.78 is 2.10. The van der Waals surface area contributed by atoms with E-state index >= 15 is 0 Å². The Labute approximate surface area is 135 Å². The summed E-state index contributed by atoms with van der Waals surface area (Å²) >= 11 is 6.04. The molecule has 2 aliphatic heterocycles. The predicted molar refractivity (Wildman–Crippen MR) is 88.0 cm³/mol. The lowest BCUT2D eigenvalue weighted by Gasteiger charge is -2.40. The second kappa shape index (κ2) is 6.14. The summed E-state index contributed by atoms with van der Waals surface area (Å²) in [5.41, 5.74) is 1.98. The van der Waals surface area contributed by atoms with Crippen molar-refractivity contribution in [1.82, 2.24) is 25.2 Å². The largest absolute Gasteiger partial charge is 0.302 e. The van der Waals surface area contributed by atoms with Crippen molar-refractivity contribution in [2.75, 3.05) is 19.6 Å². The molecule has 1 aromatic heterocycles. The van der Waals surface area contributed by atoms with Crippen LogP contribution < -0.4 is 5.32 Å². The molecule has 2 aliphatic rings. The van der Waals surface area contributed by atoms with Crippen molar-refractivity contribution in [2.24, 2.45) is 0 Å². The van der Waals surface area contributed by atoms with Gasteiger partial charge in [0.1, 0.15) is 5.52 Å². The van der Waals surface area contributed by atoms with Crippen LogP contribution in [0.1, 0.15) is 38.1 Å². The van der Waals surface area contributed by atoms with Gasteiger partial charge in [0.25, 0.3) is 0 Å². The topological polar surface area (TPSA) is 46.0 Å². The molecule has 0 bridgehead atoms. The average molecular weight is 320 g/mol. The molecule has 22 heavy (non-hydrogen) atoms. The van der Waals surface area contributed by atoms with E-state index in [9.17, 15) is 0 Å². The van der Waals surface area contributed by atoms with Crippen molar-refractivity contribution < 1.29 is 0 Å². The minimum Gasteiger partial charge on any atom is -0.302 e. The van der Waals surface area contributed by atoms with Crippen molar-refractivity contribution in [3.05, 3.63) is 23.2 Å². The van der Waals surface area contributed by atoms with Crippen LogP contribution in [0.4, 0.5) is 0 Å². The van der Waals surface area contributed by atoms with E-state index in [-0.39, 0.29) is 0 Å². The van der Waals surface area contributed by atoms with Gasteiger partial charge in [0.05, 0.1) is 17.7 Å². The van der Waals surface area contributed by atoms with Crippen molar-refractivity contribution in [3.63, 3.8) is 0 Å². The molecule has 2 atom stereocenters. The molecule has 2 unspecified atom stereocenters. The van der Waals surface area contributed by atoms with Gasteiger partial charge < -0.3 is 5.32 Å². The first kappa shape index (κ1) is 14.4. The molecular weight excluding hydrogens is 298 g/mol. The lowest BCUT2D eigenvalue weighted by molar-refractivity contribution is 0.0931. The van der Waals surface area contributed by atoms with Crippen LogP contribution in [0.3, 0.4) is 0 Å².